The first kappa shape index (κ1) is 19.0. The normalized spacial score (nSPS) is 10.2. The van der Waals surface area contributed by atoms with Crippen LogP contribution < -0.4 is 10.2 Å². The molecule has 0 atom stereocenters. The number of halogens is 2. The molecule has 0 aliphatic rings. The van der Waals surface area contributed by atoms with E-state index < -0.39 is 5.91 Å². The average molecular weight is 379 g/mol. The quantitative estimate of drug-likeness (QED) is 0.793. The molecule has 0 bridgehead atoms. The molecule has 2 aromatic carbocycles. The number of carbonyl (C=O) groups is 3. The van der Waals surface area contributed by atoms with E-state index in [1.165, 1.54) is 18.7 Å². The second kappa shape index (κ2) is 8.14. The van der Waals surface area contributed by atoms with Gasteiger partial charge in [-0.2, -0.15) is 0 Å². The Bertz CT molecular complexity index is 799. The third kappa shape index (κ3) is 4.81. The zero-order valence-corrected chi connectivity index (χ0v) is 15.2. The fourth-order valence-corrected chi connectivity index (χ4v) is 2.69. The molecule has 0 aliphatic heterocycles. The summed E-state index contributed by atoms with van der Waals surface area (Å²) in [5, 5.41) is 3.23. The van der Waals surface area contributed by atoms with Crippen molar-refractivity contribution in [2.45, 2.75) is 13.8 Å². The third-order valence-corrected chi connectivity index (χ3v) is 4.12. The molecule has 0 radical (unpaired) electrons. The van der Waals surface area contributed by atoms with Crippen molar-refractivity contribution in [3.63, 3.8) is 0 Å². The van der Waals surface area contributed by atoms with E-state index in [0.29, 0.717) is 27.0 Å². The molecular weight excluding hydrogens is 363 g/mol. The number of hydrogen-bond acceptors (Lipinski definition) is 3. The summed E-state index contributed by atoms with van der Waals surface area (Å²) in [7, 11) is 0. The van der Waals surface area contributed by atoms with E-state index in [-0.39, 0.29) is 18.2 Å². The second-order valence-corrected chi connectivity index (χ2v) is 6.17. The molecule has 5 nitrogen and oxygen atoms in total. The summed E-state index contributed by atoms with van der Waals surface area (Å²) in [5.41, 5.74) is 1.34. The maximum Gasteiger partial charge on any atom is 0.244 e. The highest BCUT2D eigenvalue weighted by Gasteiger charge is 2.18. The number of nitrogens with one attached hydrogen (secondary N) is 1. The summed E-state index contributed by atoms with van der Waals surface area (Å²) in [6, 6.07) is 11.3. The Morgan fingerprint density at radius 3 is 2.00 bits per heavy atom. The predicted octanol–water partition coefficient (Wildman–Crippen LogP) is 4.19. The number of benzene rings is 2. The fraction of sp³-hybridized carbons (Fsp3) is 0.167. The molecule has 0 heterocycles. The topological polar surface area (TPSA) is 66.5 Å². The number of amides is 2. The van der Waals surface area contributed by atoms with Gasteiger partial charge in [0, 0.05) is 18.2 Å². The molecule has 0 aliphatic carbocycles. The lowest BCUT2D eigenvalue weighted by atomic mass is 10.1. The largest absolute Gasteiger partial charge is 0.322 e. The molecular formula is C18H16Cl2N2O3. The van der Waals surface area contributed by atoms with Gasteiger partial charge < -0.3 is 10.2 Å². The Morgan fingerprint density at radius 1 is 0.960 bits per heavy atom. The molecule has 130 valence electrons. The molecule has 7 heteroatoms. The number of anilines is 2. The van der Waals surface area contributed by atoms with Crippen molar-refractivity contribution in [1.82, 2.24) is 0 Å². The molecule has 2 aromatic rings. The van der Waals surface area contributed by atoms with Crippen LogP contribution in [0.15, 0.2) is 42.5 Å². The second-order valence-electron chi connectivity index (χ2n) is 5.35. The third-order valence-electron chi connectivity index (χ3n) is 3.49. The number of para-hydroxylation sites is 1. The summed E-state index contributed by atoms with van der Waals surface area (Å²) in [6.45, 7) is 2.60. The summed E-state index contributed by atoms with van der Waals surface area (Å²) in [5.74, 6) is -0.830. The van der Waals surface area contributed by atoms with E-state index in [1.807, 2.05) is 0 Å². The molecule has 0 saturated heterocycles. The van der Waals surface area contributed by atoms with Gasteiger partial charge in [0.1, 0.15) is 6.54 Å². The molecule has 0 unspecified atom stereocenters. The lowest BCUT2D eigenvalue weighted by Gasteiger charge is -2.21. The van der Waals surface area contributed by atoms with Gasteiger partial charge in [0.2, 0.25) is 11.8 Å². The van der Waals surface area contributed by atoms with Gasteiger partial charge in [-0.25, -0.2) is 0 Å². The standard InChI is InChI=1S/C18H16Cl2N2O3/c1-11(23)13-6-8-14(9-7-13)22(12(2)24)10-17(25)21-18-15(19)4-3-5-16(18)20/h3-9H,10H2,1-2H3,(H,21,25). The molecule has 0 spiro atoms. The van der Waals surface area contributed by atoms with Gasteiger partial charge in [0.05, 0.1) is 15.7 Å². The van der Waals surface area contributed by atoms with Crippen LogP contribution in [-0.4, -0.2) is 24.1 Å². The molecule has 2 rings (SSSR count). The van der Waals surface area contributed by atoms with Gasteiger partial charge in [-0.15, -0.1) is 0 Å². The zero-order chi connectivity index (χ0) is 18.6. The molecule has 0 saturated carbocycles. The smallest absolute Gasteiger partial charge is 0.244 e. The van der Waals surface area contributed by atoms with Gasteiger partial charge in [0.25, 0.3) is 0 Å². The maximum atomic E-state index is 12.3. The minimum absolute atomic E-state index is 0.0768. The van der Waals surface area contributed by atoms with Crippen LogP contribution in [0.4, 0.5) is 11.4 Å². The van der Waals surface area contributed by atoms with Crippen LogP contribution in [0.2, 0.25) is 10.0 Å². The Balaban J connectivity index is 2.17. The lowest BCUT2D eigenvalue weighted by Crippen LogP contribution is -2.36. The number of carbonyl (C=O) groups excluding carboxylic acids is 3. The van der Waals surface area contributed by atoms with E-state index in [1.54, 1.807) is 42.5 Å². The Kier molecular flexibility index (Phi) is 6.17. The molecule has 25 heavy (non-hydrogen) atoms. The van der Waals surface area contributed by atoms with E-state index >= 15 is 0 Å². The van der Waals surface area contributed by atoms with Crippen molar-refractivity contribution in [3.05, 3.63) is 58.1 Å². The van der Waals surface area contributed by atoms with Crippen LogP contribution in [0.3, 0.4) is 0 Å². The van der Waals surface area contributed by atoms with Crippen molar-refractivity contribution in [3.8, 4) is 0 Å². The Morgan fingerprint density at radius 2 is 1.52 bits per heavy atom. The van der Waals surface area contributed by atoms with Crippen LogP contribution in [0.5, 0.6) is 0 Å². The van der Waals surface area contributed by atoms with E-state index in [4.69, 9.17) is 23.2 Å². The van der Waals surface area contributed by atoms with Gasteiger partial charge in [-0.1, -0.05) is 29.3 Å². The number of ketones is 1. The monoisotopic (exact) mass is 378 g/mol. The number of Topliss-reactive ketones (excluding diaryl/α,β-unsaturated/α-hetero) is 1. The van der Waals surface area contributed by atoms with Crippen LogP contribution in [0.1, 0.15) is 24.2 Å². The van der Waals surface area contributed by atoms with Gasteiger partial charge in [-0.3, -0.25) is 14.4 Å². The number of nitrogens with zero attached hydrogens (tertiary/aromatic N) is 1. The van der Waals surface area contributed by atoms with Crippen molar-refractivity contribution < 1.29 is 14.4 Å². The SMILES string of the molecule is CC(=O)c1ccc(N(CC(=O)Nc2c(Cl)cccc2Cl)C(C)=O)cc1. The van der Waals surface area contributed by atoms with Crippen LogP contribution in [0, 0.1) is 0 Å². The molecule has 1 N–H and O–H groups in total. The first-order valence-corrected chi connectivity index (χ1v) is 8.18. The van der Waals surface area contributed by atoms with Gasteiger partial charge in [-0.05, 0) is 43.3 Å². The first-order valence-electron chi connectivity index (χ1n) is 7.42. The van der Waals surface area contributed by atoms with E-state index in [2.05, 4.69) is 5.32 Å². The maximum absolute atomic E-state index is 12.3. The fourth-order valence-electron chi connectivity index (χ4n) is 2.20. The minimum Gasteiger partial charge on any atom is -0.322 e. The molecule has 0 aromatic heterocycles. The Hall–Kier alpha value is -2.37. The van der Waals surface area contributed by atoms with Gasteiger partial charge in [0.15, 0.2) is 5.78 Å². The lowest BCUT2D eigenvalue weighted by molar-refractivity contribution is -0.120. The predicted molar refractivity (Wildman–Crippen MR) is 99.6 cm³/mol. The summed E-state index contributed by atoms with van der Waals surface area (Å²) in [4.78, 5) is 36.8. The van der Waals surface area contributed by atoms with Crippen molar-refractivity contribution in [2.75, 3.05) is 16.8 Å². The molecule has 2 amide bonds. The summed E-state index contributed by atoms with van der Waals surface area (Å²) >= 11 is 12.1. The Labute approximate surface area is 155 Å². The van der Waals surface area contributed by atoms with Crippen molar-refractivity contribution in [1.29, 1.82) is 0 Å². The summed E-state index contributed by atoms with van der Waals surface area (Å²) < 4.78 is 0. The number of rotatable bonds is 5. The van der Waals surface area contributed by atoms with Gasteiger partial charge >= 0.3 is 0 Å². The van der Waals surface area contributed by atoms with Crippen LogP contribution >= 0.6 is 23.2 Å². The van der Waals surface area contributed by atoms with Crippen molar-refractivity contribution >= 4 is 52.2 Å². The van der Waals surface area contributed by atoms with Crippen molar-refractivity contribution in [2.24, 2.45) is 0 Å². The highest BCUT2D eigenvalue weighted by Crippen LogP contribution is 2.29. The van der Waals surface area contributed by atoms with E-state index in [9.17, 15) is 14.4 Å². The minimum atomic E-state index is -0.444. The molecule has 0 fully saturated rings. The highest BCUT2D eigenvalue weighted by molar-refractivity contribution is 6.39. The first-order chi connectivity index (χ1) is 11.8. The highest BCUT2D eigenvalue weighted by atomic mass is 35.5. The van der Waals surface area contributed by atoms with E-state index in [0.717, 1.165) is 0 Å². The summed E-state index contributed by atoms with van der Waals surface area (Å²) in [6.07, 6.45) is 0. The average Bonchev–Trinajstić information content (AvgIpc) is 2.56. The number of hydrogen-bond donors (Lipinski definition) is 1. The zero-order valence-electron chi connectivity index (χ0n) is 13.7. The van der Waals surface area contributed by atoms with Crippen LogP contribution in [0.25, 0.3) is 0 Å². The van der Waals surface area contributed by atoms with Crippen LogP contribution in [-0.2, 0) is 9.59 Å².